The first-order valence-corrected chi connectivity index (χ1v) is 6.02. The summed E-state index contributed by atoms with van der Waals surface area (Å²) in [4.78, 5) is 0. The van der Waals surface area contributed by atoms with Crippen LogP contribution < -0.4 is 11.1 Å². The largest absolute Gasteiger partial charge is 0.409 e. The van der Waals surface area contributed by atoms with Crippen molar-refractivity contribution in [2.45, 2.75) is 32.2 Å². The molecule has 4 heteroatoms. The molecule has 0 saturated heterocycles. The first-order valence-electron chi connectivity index (χ1n) is 6.02. The van der Waals surface area contributed by atoms with E-state index in [-0.39, 0.29) is 11.9 Å². The smallest absolute Gasteiger partial charge is 0.141 e. The molecule has 4 nitrogen and oxygen atoms in total. The summed E-state index contributed by atoms with van der Waals surface area (Å²) in [7, 11) is 0. The van der Waals surface area contributed by atoms with Crippen LogP contribution in [-0.4, -0.2) is 17.6 Å². The molecule has 0 heterocycles. The molecule has 0 aromatic heterocycles. The summed E-state index contributed by atoms with van der Waals surface area (Å²) >= 11 is 0. The van der Waals surface area contributed by atoms with Gasteiger partial charge in [0.25, 0.3) is 0 Å². The van der Waals surface area contributed by atoms with Gasteiger partial charge in [0.1, 0.15) is 5.84 Å². The van der Waals surface area contributed by atoms with Crippen LogP contribution in [0, 0.1) is 0 Å². The highest BCUT2D eigenvalue weighted by molar-refractivity contribution is 5.80. The molecule has 4 N–H and O–H groups in total. The molecular formula is C13H21N3O. The Morgan fingerprint density at radius 2 is 2.12 bits per heavy atom. The van der Waals surface area contributed by atoms with Crippen molar-refractivity contribution in [3.8, 4) is 0 Å². The molecule has 0 fully saturated rings. The molecule has 1 aromatic rings. The van der Waals surface area contributed by atoms with Gasteiger partial charge in [-0.05, 0) is 18.5 Å². The molecule has 1 rings (SSSR count). The summed E-state index contributed by atoms with van der Waals surface area (Å²) < 4.78 is 0. The Balaban J connectivity index is 2.65. The van der Waals surface area contributed by atoms with Gasteiger partial charge < -0.3 is 16.3 Å². The number of nitrogens with zero attached hydrogens (tertiary/aromatic N) is 1. The summed E-state index contributed by atoms with van der Waals surface area (Å²) in [5.74, 6) is 0.253. The Labute approximate surface area is 103 Å². The Morgan fingerprint density at radius 1 is 1.41 bits per heavy atom. The minimum Gasteiger partial charge on any atom is -0.409 e. The van der Waals surface area contributed by atoms with Gasteiger partial charge in [0.05, 0.1) is 0 Å². The van der Waals surface area contributed by atoms with Crippen molar-refractivity contribution in [2.75, 3.05) is 6.54 Å². The fourth-order valence-corrected chi connectivity index (χ4v) is 1.70. The van der Waals surface area contributed by atoms with Crippen molar-refractivity contribution >= 4 is 5.84 Å². The minimum absolute atomic E-state index is 0.110. The van der Waals surface area contributed by atoms with E-state index in [1.165, 1.54) is 0 Å². The average molecular weight is 235 g/mol. The highest BCUT2D eigenvalue weighted by Gasteiger charge is 2.12. The number of nitrogens with one attached hydrogen (secondary N) is 1. The molecule has 0 bridgehead atoms. The van der Waals surface area contributed by atoms with Gasteiger partial charge in [0.15, 0.2) is 0 Å². The van der Waals surface area contributed by atoms with Gasteiger partial charge in [-0.2, -0.15) is 0 Å². The third-order valence-electron chi connectivity index (χ3n) is 2.66. The molecule has 17 heavy (non-hydrogen) atoms. The molecule has 0 amide bonds. The van der Waals surface area contributed by atoms with Crippen molar-refractivity contribution in [2.24, 2.45) is 10.9 Å². The predicted octanol–water partition coefficient (Wildman–Crippen LogP) is 2.25. The first kappa shape index (κ1) is 13.5. The van der Waals surface area contributed by atoms with Crippen molar-refractivity contribution in [3.63, 3.8) is 0 Å². The zero-order chi connectivity index (χ0) is 12.5. The van der Waals surface area contributed by atoms with Crippen LogP contribution in [0.25, 0.3) is 0 Å². The number of amidine groups is 1. The van der Waals surface area contributed by atoms with Crippen molar-refractivity contribution < 1.29 is 5.21 Å². The van der Waals surface area contributed by atoms with E-state index in [4.69, 9.17) is 10.9 Å². The normalized spacial score (nSPS) is 13.6. The van der Waals surface area contributed by atoms with Crippen LogP contribution in [-0.2, 0) is 0 Å². The molecule has 0 aliphatic carbocycles. The van der Waals surface area contributed by atoms with E-state index >= 15 is 0 Å². The van der Waals surface area contributed by atoms with Gasteiger partial charge >= 0.3 is 0 Å². The Morgan fingerprint density at radius 3 is 2.71 bits per heavy atom. The van der Waals surface area contributed by atoms with Crippen molar-refractivity contribution in [3.05, 3.63) is 35.9 Å². The zero-order valence-electron chi connectivity index (χ0n) is 10.3. The summed E-state index contributed by atoms with van der Waals surface area (Å²) in [5, 5.41) is 15.1. The van der Waals surface area contributed by atoms with Crippen LogP contribution in [0.15, 0.2) is 35.5 Å². The van der Waals surface area contributed by atoms with E-state index < -0.39 is 0 Å². The van der Waals surface area contributed by atoms with Crippen LogP contribution in [0.3, 0.4) is 0 Å². The number of benzene rings is 1. The van der Waals surface area contributed by atoms with Crippen molar-refractivity contribution in [1.29, 1.82) is 0 Å². The fraction of sp³-hybridized carbons (Fsp3) is 0.462. The van der Waals surface area contributed by atoms with Gasteiger partial charge in [-0.25, -0.2) is 0 Å². The lowest BCUT2D eigenvalue weighted by Gasteiger charge is -2.18. The van der Waals surface area contributed by atoms with Crippen LogP contribution in [0.5, 0.6) is 0 Å². The van der Waals surface area contributed by atoms with E-state index in [1.54, 1.807) is 0 Å². The van der Waals surface area contributed by atoms with E-state index in [9.17, 15) is 0 Å². The van der Waals surface area contributed by atoms with E-state index in [0.717, 1.165) is 24.9 Å². The number of hydrogen-bond donors (Lipinski definition) is 3. The lowest BCUT2D eigenvalue weighted by atomic mass is 10.0. The quantitative estimate of drug-likeness (QED) is 0.223. The average Bonchev–Trinajstić information content (AvgIpc) is 2.38. The van der Waals surface area contributed by atoms with Gasteiger partial charge in [-0.15, -0.1) is 0 Å². The third-order valence-corrected chi connectivity index (χ3v) is 2.66. The maximum Gasteiger partial charge on any atom is 0.141 e. The summed E-state index contributed by atoms with van der Waals surface area (Å²) in [6, 6.07) is 10.2. The predicted molar refractivity (Wildman–Crippen MR) is 70.1 cm³/mol. The third kappa shape index (κ3) is 4.87. The molecule has 0 spiro atoms. The Kier molecular flexibility index (Phi) is 6.10. The first-order chi connectivity index (χ1) is 8.27. The lowest BCUT2D eigenvalue weighted by molar-refractivity contribution is 0.315. The van der Waals surface area contributed by atoms with Crippen LogP contribution in [0.1, 0.15) is 37.8 Å². The van der Waals surface area contributed by atoms with Crippen LogP contribution in [0.2, 0.25) is 0 Å². The van der Waals surface area contributed by atoms with Gasteiger partial charge in [0, 0.05) is 12.5 Å². The van der Waals surface area contributed by atoms with Gasteiger partial charge in [-0.3, -0.25) is 0 Å². The number of rotatable bonds is 7. The number of nitrogens with two attached hydrogens (primary N) is 1. The number of hydrogen-bond acceptors (Lipinski definition) is 3. The number of oxime groups is 1. The maximum absolute atomic E-state index is 8.64. The molecule has 1 aromatic carbocycles. The molecule has 0 aliphatic heterocycles. The van der Waals surface area contributed by atoms with Gasteiger partial charge in [-0.1, -0.05) is 48.8 Å². The summed E-state index contributed by atoms with van der Waals surface area (Å²) in [6.45, 7) is 3.09. The fourth-order valence-electron chi connectivity index (χ4n) is 1.70. The second-order valence-electron chi connectivity index (χ2n) is 4.07. The Bertz CT molecular complexity index is 338. The van der Waals surface area contributed by atoms with Gasteiger partial charge in [0.2, 0.25) is 0 Å². The van der Waals surface area contributed by atoms with Crippen LogP contribution in [0.4, 0.5) is 0 Å². The standard InChI is InChI=1S/C13H21N3O/c1-2-3-9-15-12(10-13(14)16-17)11-7-5-4-6-8-11/h4-8,12,15,17H,2-3,9-10H2,1H3,(H2,14,16). The Hall–Kier alpha value is -1.55. The van der Waals surface area contributed by atoms with E-state index in [0.29, 0.717) is 6.42 Å². The lowest BCUT2D eigenvalue weighted by Crippen LogP contribution is -2.27. The minimum atomic E-state index is 0.110. The summed E-state index contributed by atoms with van der Waals surface area (Å²) in [6.07, 6.45) is 2.79. The molecule has 1 unspecified atom stereocenters. The highest BCUT2D eigenvalue weighted by atomic mass is 16.4. The highest BCUT2D eigenvalue weighted by Crippen LogP contribution is 2.16. The van der Waals surface area contributed by atoms with Crippen LogP contribution >= 0.6 is 0 Å². The van der Waals surface area contributed by atoms with E-state index in [1.807, 2.05) is 30.3 Å². The summed E-state index contributed by atoms with van der Waals surface area (Å²) in [5.41, 5.74) is 6.74. The van der Waals surface area contributed by atoms with E-state index in [2.05, 4.69) is 17.4 Å². The zero-order valence-corrected chi connectivity index (χ0v) is 10.3. The second kappa shape index (κ2) is 7.68. The SMILES string of the molecule is CCCCNC(CC(N)=NO)c1ccccc1. The maximum atomic E-state index is 8.64. The molecule has 1 atom stereocenters. The topological polar surface area (TPSA) is 70.6 Å². The molecule has 94 valence electrons. The van der Waals surface area contributed by atoms with Crippen molar-refractivity contribution in [1.82, 2.24) is 5.32 Å². The molecule has 0 aliphatic rings. The number of unbranched alkanes of at least 4 members (excludes halogenated alkanes) is 1. The monoisotopic (exact) mass is 235 g/mol. The molecule has 0 radical (unpaired) electrons. The molecular weight excluding hydrogens is 214 g/mol. The second-order valence-corrected chi connectivity index (χ2v) is 4.07. The molecule has 0 saturated carbocycles.